The van der Waals surface area contributed by atoms with E-state index in [1.807, 2.05) is 36.9 Å². The highest BCUT2D eigenvalue weighted by Gasteiger charge is 2.25. The minimum atomic E-state index is -0.945. The zero-order chi connectivity index (χ0) is 22.4. The van der Waals surface area contributed by atoms with Crippen LogP contribution in [0, 0.1) is 0 Å². The van der Waals surface area contributed by atoms with Crippen molar-refractivity contribution in [1.29, 1.82) is 0 Å². The Kier molecular flexibility index (Phi) is 7.97. The van der Waals surface area contributed by atoms with Gasteiger partial charge in [-0.25, -0.2) is 4.79 Å². The van der Waals surface area contributed by atoms with E-state index in [1.54, 1.807) is 11.8 Å². The average molecular weight is 436 g/mol. The monoisotopic (exact) mass is 435 g/mol. The fraction of sp³-hybridized carbons (Fsp3) is 0.636. The van der Waals surface area contributed by atoms with Gasteiger partial charge in [0.25, 0.3) is 0 Å². The SMILES string of the molecule is CCN(C(=O)OC(C)OC(=O)CN1CCN(C)CC1)C(C)Cc1ccc2c(c1)OCO2. The molecule has 0 saturated carbocycles. The number of hydrogen-bond acceptors (Lipinski definition) is 8. The van der Waals surface area contributed by atoms with Gasteiger partial charge in [0.2, 0.25) is 13.1 Å². The molecular weight excluding hydrogens is 402 g/mol. The van der Waals surface area contributed by atoms with Crippen LogP contribution in [0.5, 0.6) is 11.5 Å². The molecule has 31 heavy (non-hydrogen) atoms. The van der Waals surface area contributed by atoms with Crippen molar-refractivity contribution in [2.24, 2.45) is 0 Å². The topological polar surface area (TPSA) is 80.8 Å². The van der Waals surface area contributed by atoms with E-state index in [0.29, 0.717) is 13.0 Å². The van der Waals surface area contributed by atoms with Crippen LogP contribution in [0.15, 0.2) is 18.2 Å². The van der Waals surface area contributed by atoms with Gasteiger partial charge in [-0.15, -0.1) is 0 Å². The first-order valence-electron chi connectivity index (χ1n) is 10.8. The van der Waals surface area contributed by atoms with Crippen molar-refractivity contribution < 1.29 is 28.5 Å². The second-order valence-corrected chi connectivity index (χ2v) is 8.05. The van der Waals surface area contributed by atoms with Crippen molar-refractivity contribution in [3.63, 3.8) is 0 Å². The lowest BCUT2D eigenvalue weighted by atomic mass is 10.1. The molecule has 0 bridgehead atoms. The summed E-state index contributed by atoms with van der Waals surface area (Å²) in [4.78, 5) is 30.7. The number of piperazine rings is 1. The molecule has 0 aromatic heterocycles. The highest BCUT2D eigenvalue weighted by atomic mass is 16.7. The number of hydrogen-bond donors (Lipinski definition) is 0. The highest BCUT2D eigenvalue weighted by Crippen LogP contribution is 2.33. The number of nitrogens with zero attached hydrogens (tertiary/aromatic N) is 3. The number of fused-ring (bicyclic) bond motifs is 1. The molecule has 9 nitrogen and oxygen atoms in total. The third kappa shape index (κ3) is 6.48. The molecule has 0 N–H and O–H groups in total. The number of carbonyl (C=O) groups is 2. The molecule has 2 atom stereocenters. The first-order valence-corrected chi connectivity index (χ1v) is 10.8. The summed E-state index contributed by atoms with van der Waals surface area (Å²) < 4.78 is 21.4. The number of likely N-dealkylation sites (N-methyl/N-ethyl adjacent to an activating group) is 2. The summed E-state index contributed by atoms with van der Waals surface area (Å²) >= 11 is 0. The molecule has 172 valence electrons. The normalized spacial score (nSPS) is 18.3. The molecule has 1 saturated heterocycles. The largest absolute Gasteiger partial charge is 0.454 e. The van der Waals surface area contributed by atoms with Crippen LogP contribution >= 0.6 is 0 Å². The summed E-state index contributed by atoms with van der Waals surface area (Å²) in [5.74, 6) is 1.06. The second kappa shape index (κ2) is 10.7. The van der Waals surface area contributed by atoms with Gasteiger partial charge in [-0.1, -0.05) is 6.07 Å². The fourth-order valence-corrected chi connectivity index (χ4v) is 3.78. The van der Waals surface area contributed by atoms with Gasteiger partial charge < -0.3 is 28.7 Å². The predicted molar refractivity (Wildman–Crippen MR) is 114 cm³/mol. The van der Waals surface area contributed by atoms with Crippen molar-refractivity contribution in [2.75, 3.05) is 53.1 Å². The van der Waals surface area contributed by atoms with Crippen LogP contribution in [0.3, 0.4) is 0 Å². The smallest absolute Gasteiger partial charge is 0.413 e. The van der Waals surface area contributed by atoms with Gasteiger partial charge in [0.1, 0.15) is 0 Å². The van der Waals surface area contributed by atoms with Gasteiger partial charge in [0, 0.05) is 45.7 Å². The fourth-order valence-electron chi connectivity index (χ4n) is 3.78. The van der Waals surface area contributed by atoms with Crippen molar-refractivity contribution in [2.45, 2.75) is 39.5 Å². The summed E-state index contributed by atoms with van der Waals surface area (Å²) in [6.45, 7) is 9.81. The Hall–Kier alpha value is -2.52. The quantitative estimate of drug-likeness (QED) is 0.453. The van der Waals surface area contributed by atoms with Crippen molar-refractivity contribution >= 4 is 12.1 Å². The van der Waals surface area contributed by atoms with Crippen LogP contribution in [0.4, 0.5) is 4.79 Å². The van der Waals surface area contributed by atoms with Crippen LogP contribution in [0.25, 0.3) is 0 Å². The number of amides is 1. The zero-order valence-corrected chi connectivity index (χ0v) is 18.8. The minimum Gasteiger partial charge on any atom is -0.454 e. The maximum atomic E-state index is 12.7. The Labute approximate surface area is 183 Å². The minimum absolute atomic E-state index is 0.105. The van der Waals surface area contributed by atoms with Crippen molar-refractivity contribution in [1.82, 2.24) is 14.7 Å². The van der Waals surface area contributed by atoms with Gasteiger partial charge in [-0.2, -0.15) is 0 Å². The molecule has 2 aliphatic rings. The van der Waals surface area contributed by atoms with E-state index in [0.717, 1.165) is 43.2 Å². The average Bonchev–Trinajstić information content (AvgIpc) is 3.18. The van der Waals surface area contributed by atoms with Crippen molar-refractivity contribution in [3.8, 4) is 11.5 Å². The number of rotatable bonds is 8. The Balaban J connectivity index is 1.46. The molecule has 0 spiro atoms. The summed E-state index contributed by atoms with van der Waals surface area (Å²) in [6.07, 6.45) is -0.813. The van der Waals surface area contributed by atoms with E-state index in [2.05, 4.69) is 11.9 Å². The van der Waals surface area contributed by atoms with Crippen molar-refractivity contribution in [3.05, 3.63) is 23.8 Å². The number of esters is 1. The second-order valence-electron chi connectivity index (χ2n) is 8.05. The first-order chi connectivity index (χ1) is 14.9. The number of ether oxygens (including phenoxy) is 4. The van der Waals surface area contributed by atoms with Gasteiger partial charge in [0.05, 0.1) is 6.54 Å². The Morgan fingerprint density at radius 3 is 2.52 bits per heavy atom. The molecule has 1 fully saturated rings. The van der Waals surface area contributed by atoms with Crippen LogP contribution in [-0.4, -0.2) is 92.2 Å². The molecule has 1 amide bonds. The summed E-state index contributed by atoms with van der Waals surface area (Å²) in [7, 11) is 2.06. The molecule has 2 aliphatic heterocycles. The zero-order valence-electron chi connectivity index (χ0n) is 18.8. The van der Waals surface area contributed by atoms with Gasteiger partial charge >= 0.3 is 12.1 Å². The molecule has 0 aliphatic carbocycles. The molecule has 2 unspecified atom stereocenters. The molecular formula is C22H33N3O6. The number of carbonyl (C=O) groups excluding carboxylic acids is 2. The molecule has 3 rings (SSSR count). The van der Waals surface area contributed by atoms with E-state index >= 15 is 0 Å². The Morgan fingerprint density at radius 2 is 1.81 bits per heavy atom. The highest BCUT2D eigenvalue weighted by molar-refractivity contribution is 5.72. The van der Waals surface area contributed by atoms with E-state index in [9.17, 15) is 9.59 Å². The summed E-state index contributed by atoms with van der Waals surface area (Å²) in [5.41, 5.74) is 1.04. The van der Waals surface area contributed by atoms with E-state index < -0.39 is 12.4 Å². The van der Waals surface area contributed by atoms with E-state index in [4.69, 9.17) is 18.9 Å². The lowest BCUT2D eigenvalue weighted by molar-refractivity contribution is -0.167. The van der Waals surface area contributed by atoms with Crippen LogP contribution in [0.2, 0.25) is 0 Å². The maximum Gasteiger partial charge on any atom is 0.413 e. The summed E-state index contributed by atoms with van der Waals surface area (Å²) in [6, 6.07) is 5.67. The van der Waals surface area contributed by atoms with Gasteiger partial charge in [0.15, 0.2) is 11.5 Å². The number of benzene rings is 1. The maximum absolute atomic E-state index is 12.7. The third-order valence-corrected chi connectivity index (χ3v) is 5.59. The van der Waals surface area contributed by atoms with Crippen LogP contribution in [0.1, 0.15) is 26.3 Å². The Morgan fingerprint density at radius 1 is 1.10 bits per heavy atom. The molecule has 1 aromatic carbocycles. The predicted octanol–water partition coefficient (Wildman–Crippen LogP) is 1.94. The van der Waals surface area contributed by atoms with E-state index in [1.165, 1.54) is 0 Å². The molecule has 1 aromatic rings. The molecule has 0 radical (unpaired) electrons. The first kappa shape index (κ1) is 23.1. The standard InChI is InChI=1S/C22H33N3O6/c1-5-25(16(2)12-18-6-7-19-20(13-18)29-15-28-19)22(27)31-17(3)30-21(26)14-24-10-8-23(4)9-11-24/h6-7,13,16-17H,5,8-12,14-15H2,1-4H3. The molecule has 9 heteroatoms. The molecule has 2 heterocycles. The van der Waals surface area contributed by atoms with Gasteiger partial charge in [-0.3, -0.25) is 9.69 Å². The summed E-state index contributed by atoms with van der Waals surface area (Å²) in [5, 5.41) is 0. The third-order valence-electron chi connectivity index (χ3n) is 5.59. The van der Waals surface area contributed by atoms with E-state index in [-0.39, 0.29) is 25.3 Å². The lowest BCUT2D eigenvalue weighted by Gasteiger charge is -2.32. The van der Waals surface area contributed by atoms with Crippen LogP contribution in [-0.2, 0) is 20.7 Å². The van der Waals surface area contributed by atoms with Gasteiger partial charge in [-0.05, 0) is 45.0 Å². The Bertz CT molecular complexity index is 766. The van der Waals surface area contributed by atoms with Crippen LogP contribution < -0.4 is 9.47 Å². The lowest BCUT2D eigenvalue weighted by Crippen LogP contribution is -2.47.